The van der Waals surface area contributed by atoms with Crippen LogP contribution >= 0.6 is 0 Å². The molecule has 1 saturated carbocycles. The normalized spacial score (nSPS) is 25.0. The molecular weight excluding hydrogens is 308 g/mol. The van der Waals surface area contributed by atoms with E-state index < -0.39 is 0 Å². The van der Waals surface area contributed by atoms with E-state index in [4.69, 9.17) is 4.74 Å². The van der Waals surface area contributed by atoms with Crippen LogP contribution in [0.25, 0.3) is 0 Å². The Kier molecular flexibility index (Phi) is 4.59. The van der Waals surface area contributed by atoms with Crippen LogP contribution in [-0.2, 0) is 4.79 Å². The van der Waals surface area contributed by atoms with Gasteiger partial charge in [-0.15, -0.1) is 5.10 Å². The molecule has 8 nitrogen and oxygen atoms in total. The van der Waals surface area contributed by atoms with Crippen LogP contribution in [0.15, 0.2) is 12.1 Å². The average molecular weight is 332 g/mol. The smallest absolute Gasteiger partial charge is 0.242 e. The predicted molar refractivity (Wildman–Crippen MR) is 86.9 cm³/mol. The number of piperidine rings is 1. The van der Waals surface area contributed by atoms with Gasteiger partial charge in [0.15, 0.2) is 0 Å². The summed E-state index contributed by atoms with van der Waals surface area (Å²) in [7, 11) is 0. The molecule has 1 amide bonds. The van der Waals surface area contributed by atoms with Gasteiger partial charge in [0.05, 0.1) is 12.3 Å². The molecule has 0 radical (unpaired) electrons. The van der Waals surface area contributed by atoms with Gasteiger partial charge in [0.1, 0.15) is 6.04 Å². The van der Waals surface area contributed by atoms with Gasteiger partial charge in [-0.3, -0.25) is 4.79 Å². The molecule has 2 aliphatic heterocycles. The summed E-state index contributed by atoms with van der Waals surface area (Å²) in [6.45, 7) is 2.84. The molecule has 4 rings (SSSR count). The van der Waals surface area contributed by atoms with Gasteiger partial charge in [0.2, 0.25) is 11.8 Å². The average Bonchev–Trinajstić information content (AvgIpc) is 3.34. The number of nitrogens with one attached hydrogen (secondary N) is 3. The molecule has 0 aromatic carbocycles. The molecule has 2 saturated heterocycles. The van der Waals surface area contributed by atoms with E-state index in [9.17, 15) is 4.79 Å². The largest absolute Gasteiger partial charge is 0.476 e. The Morgan fingerprint density at radius 1 is 1.21 bits per heavy atom. The van der Waals surface area contributed by atoms with Gasteiger partial charge in [-0.25, -0.2) is 10.9 Å². The van der Waals surface area contributed by atoms with Crippen molar-refractivity contribution in [1.82, 2.24) is 31.5 Å². The zero-order valence-corrected chi connectivity index (χ0v) is 13.7. The molecule has 1 unspecified atom stereocenters. The number of hydrogen-bond acceptors (Lipinski definition) is 7. The zero-order chi connectivity index (χ0) is 16.4. The molecule has 130 valence electrons. The molecule has 0 spiro atoms. The summed E-state index contributed by atoms with van der Waals surface area (Å²) in [5, 5.41) is 8.40. The van der Waals surface area contributed by atoms with Crippen molar-refractivity contribution in [2.45, 2.75) is 37.6 Å². The lowest BCUT2D eigenvalue weighted by molar-refractivity contribution is -0.134. The summed E-state index contributed by atoms with van der Waals surface area (Å²) in [6.07, 6.45) is 4.39. The lowest BCUT2D eigenvalue weighted by Crippen LogP contribution is -2.49. The van der Waals surface area contributed by atoms with Crippen LogP contribution in [0, 0.1) is 5.92 Å². The molecule has 8 heteroatoms. The summed E-state index contributed by atoms with van der Waals surface area (Å²) >= 11 is 0. The van der Waals surface area contributed by atoms with Gasteiger partial charge in [-0.2, -0.15) is 10.6 Å². The fraction of sp³-hybridized carbons (Fsp3) is 0.688. The highest BCUT2D eigenvalue weighted by atomic mass is 16.5. The fourth-order valence-electron chi connectivity index (χ4n) is 3.24. The third-order valence-corrected chi connectivity index (χ3v) is 4.99. The molecular formula is C16H24N6O2. The zero-order valence-electron chi connectivity index (χ0n) is 13.7. The standard InChI is InChI=1S/C16H24N6O2/c23-16(14-9-17-21-19-14)22-7-5-11(6-8-22)10-24-15-4-3-13(18-20-15)12-1-2-12/h3-4,11-12,14,17,19,21H,1-2,5-10H2. The van der Waals surface area contributed by atoms with Gasteiger partial charge < -0.3 is 9.64 Å². The molecule has 3 aliphatic rings. The van der Waals surface area contributed by atoms with Crippen LogP contribution in [0.1, 0.15) is 37.3 Å². The number of hydrogen-bond donors (Lipinski definition) is 3. The van der Waals surface area contributed by atoms with Crippen LogP contribution in [0.5, 0.6) is 5.88 Å². The van der Waals surface area contributed by atoms with Crippen molar-refractivity contribution in [2.75, 3.05) is 26.2 Å². The lowest BCUT2D eigenvalue weighted by Gasteiger charge is -2.33. The first kappa shape index (κ1) is 15.7. The first-order valence-electron chi connectivity index (χ1n) is 8.78. The van der Waals surface area contributed by atoms with Crippen LogP contribution in [0.3, 0.4) is 0 Å². The number of hydrazine groups is 2. The summed E-state index contributed by atoms with van der Waals surface area (Å²) in [4.78, 5) is 14.2. The quantitative estimate of drug-likeness (QED) is 0.696. The number of likely N-dealkylation sites (tertiary alicyclic amines) is 1. The summed E-state index contributed by atoms with van der Waals surface area (Å²) in [5.74, 6) is 1.85. The van der Waals surface area contributed by atoms with Crippen LogP contribution < -0.4 is 21.1 Å². The van der Waals surface area contributed by atoms with Crippen molar-refractivity contribution in [3.8, 4) is 5.88 Å². The molecule has 1 aliphatic carbocycles. The van der Waals surface area contributed by atoms with Crippen molar-refractivity contribution < 1.29 is 9.53 Å². The highest BCUT2D eigenvalue weighted by molar-refractivity contribution is 5.82. The van der Waals surface area contributed by atoms with Crippen molar-refractivity contribution in [3.05, 3.63) is 17.8 Å². The Balaban J connectivity index is 1.20. The first-order valence-corrected chi connectivity index (χ1v) is 8.78. The van der Waals surface area contributed by atoms with E-state index in [0.29, 0.717) is 30.9 Å². The maximum atomic E-state index is 12.3. The lowest BCUT2D eigenvalue weighted by atomic mass is 9.97. The maximum absolute atomic E-state index is 12.3. The topological polar surface area (TPSA) is 91.4 Å². The third kappa shape index (κ3) is 3.66. The van der Waals surface area contributed by atoms with Crippen LogP contribution in [0.4, 0.5) is 0 Å². The van der Waals surface area contributed by atoms with E-state index in [0.717, 1.165) is 31.6 Å². The van der Waals surface area contributed by atoms with Crippen LogP contribution in [0.2, 0.25) is 0 Å². The molecule has 1 aromatic heterocycles. The maximum Gasteiger partial charge on any atom is 0.242 e. The van der Waals surface area contributed by atoms with E-state index in [1.165, 1.54) is 12.8 Å². The Labute approximate surface area is 141 Å². The van der Waals surface area contributed by atoms with Crippen LogP contribution in [-0.4, -0.2) is 53.3 Å². The number of rotatable bonds is 5. The first-order chi connectivity index (χ1) is 11.8. The molecule has 1 atom stereocenters. The Hall–Kier alpha value is -1.77. The van der Waals surface area contributed by atoms with Gasteiger partial charge in [-0.1, -0.05) is 0 Å². The second-order valence-electron chi connectivity index (χ2n) is 6.85. The molecule has 3 heterocycles. The van der Waals surface area contributed by atoms with Gasteiger partial charge >= 0.3 is 0 Å². The van der Waals surface area contributed by atoms with Crippen molar-refractivity contribution in [3.63, 3.8) is 0 Å². The second kappa shape index (κ2) is 7.00. The number of aromatic nitrogens is 2. The third-order valence-electron chi connectivity index (χ3n) is 4.99. The highest BCUT2D eigenvalue weighted by Crippen LogP contribution is 2.38. The predicted octanol–water partition coefficient (Wildman–Crippen LogP) is -0.0476. The van der Waals surface area contributed by atoms with E-state index in [1.54, 1.807) is 0 Å². The summed E-state index contributed by atoms with van der Waals surface area (Å²) in [5.41, 5.74) is 9.70. The van der Waals surface area contributed by atoms with Crippen molar-refractivity contribution >= 4 is 5.91 Å². The Morgan fingerprint density at radius 3 is 2.67 bits per heavy atom. The molecule has 3 fully saturated rings. The number of nitrogens with zero attached hydrogens (tertiary/aromatic N) is 3. The van der Waals surface area contributed by atoms with E-state index in [1.807, 2.05) is 17.0 Å². The van der Waals surface area contributed by atoms with Gasteiger partial charge in [0, 0.05) is 31.6 Å². The van der Waals surface area contributed by atoms with Crippen molar-refractivity contribution in [1.29, 1.82) is 0 Å². The number of amides is 1. The molecule has 0 bridgehead atoms. The minimum atomic E-state index is -0.168. The minimum Gasteiger partial charge on any atom is -0.476 e. The molecule has 24 heavy (non-hydrogen) atoms. The highest BCUT2D eigenvalue weighted by Gasteiger charge is 2.30. The summed E-state index contributed by atoms with van der Waals surface area (Å²) < 4.78 is 5.79. The SMILES string of the molecule is O=C(C1CNNN1)N1CCC(COc2ccc(C3CC3)nn2)CC1. The van der Waals surface area contributed by atoms with E-state index >= 15 is 0 Å². The minimum absolute atomic E-state index is 0.161. The molecule has 3 N–H and O–H groups in total. The van der Waals surface area contributed by atoms with Crippen molar-refractivity contribution in [2.24, 2.45) is 5.92 Å². The van der Waals surface area contributed by atoms with Gasteiger partial charge in [0.25, 0.3) is 0 Å². The second-order valence-corrected chi connectivity index (χ2v) is 6.85. The monoisotopic (exact) mass is 332 g/mol. The van der Waals surface area contributed by atoms with E-state index in [-0.39, 0.29) is 11.9 Å². The van der Waals surface area contributed by atoms with E-state index in [2.05, 4.69) is 26.6 Å². The fourth-order valence-corrected chi connectivity index (χ4v) is 3.24. The Morgan fingerprint density at radius 2 is 2.04 bits per heavy atom. The molecule has 1 aromatic rings. The number of ether oxygens (including phenoxy) is 1. The number of carbonyl (C=O) groups is 1. The Bertz CT molecular complexity index is 562. The summed E-state index contributed by atoms with van der Waals surface area (Å²) in [6, 6.07) is 3.78. The van der Waals surface area contributed by atoms with Gasteiger partial charge in [-0.05, 0) is 37.7 Å². The number of carbonyl (C=O) groups excluding carboxylic acids is 1.